The molecule has 1 N–H and O–H groups in total. The summed E-state index contributed by atoms with van der Waals surface area (Å²) in [6.07, 6.45) is 2.18. The Hall–Kier alpha value is -1.67. The third-order valence-corrected chi connectivity index (χ3v) is 3.32. The molecule has 2 unspecified atom stereocenters. The molecule has 0 bridgehead atoms. The van der Waals surface area contributed by atoms with E-state index in [9.17, 15) is 5.11 Å². The van der Waals surface area contributed by atoms with Gasteiger partial charge < -0.3 is 5.11 Å². The van der Waals surface area contributed by atoms with Gasteiger partial charge >= 0.3 is 0 Å². The summed E-state index contributed by atoms with van der Waals surface area (Å²) < 4.78 is 0. The third-order valence-electron chi connectivity index (χ3n) is 3.32. The van der Waals surface area contributed by atoms with Crippen LogP contribution in [0.25, 0.3) is 0 Å². The molecular weight excluding hydrogens is 222 g/mol. The highest BCUT2D eigenvalue weighted by Crippen LogP contribution is 2.33. The molecule has 1 aromatic carbocycles. The minimum atomic E-state index is -0.495. The molecule has 1 aromatic heterocycles. The Morgan fingerprint density at radius 3 is 2.33 bits per heavy atom. The molecule has 0 saturated carbocycles. The van der Waals surface area contributed by atoms with Crippen LogP contribution in [0.1, 0.15) is 42.2 Å². The lowest BCUT2D eigenvalue weighted by Crippen LogP contribution is -2.10. The van der Waals surface area contributed by atoms with Crippen LogP contribution in [0.5, 0.6) is 0 Å². The molecule has 2 nitrogen and oxygen atoms in total. The van der Waals surface area contributed by atoms with E-state index in [4.69, 9.17) is 0 Å². The zero-order valence-electron chi connectivity index (χ0n) is 10.9. The maximum absolute atomic E-state index is 10.5. The van der Waals surface area contributed by atoms with Gasteiger partial charge in [0.25, 0.3) is 0 Å². The van der Waals surface area contributed by atoms with Crippen LogP contribution in [-0.4, -0.2) is 10.1 Å². The number of nitrogens with zero attached hydrogens (tertiary/aromatic N) is 1. The lowest BCUT2D eigenvalue weighted by atomic mass is 9.88. The molecule has 2 heteroatoms. The topological polar surface area (TPSA) is 33.1 Å². The van der Waals surface area contributed by atoms with E-state index in [1.165, 1.54) is 5.56 Å². The van der Waals surface area contributed by atoms with E-state index >= 15 is 0 Å². The zero-order valence-corrected chi connectivity index (χ0v) is 10.9. The summed E-state index contributed by atoms with van der Waals surface area (Å²) in [5.41, 5.74) is 3.03. The lowest BCUT2D eigenvalue weighted by Gasteiger charge is -2.22. The molecule has 0 saturated heterocycles. The highest BCUT2D eigenvalue weighted by atomic mass is 16.3. The highest BCUT2D eigenvalue weighted by molar-refractivity contribution is 5.25. The van der Waals surface area contributed by atoms with Crippen molar-refractivity contribution in [1.82, 2.24) is 4.98 Å². The Balaban J connectivity index is 2.25. The summed E-state index contributed by atoms with van der Waals surface area (Å²) in [4.78, 5) is 4.25. The number of aliphatic hydroxyl groups excluding tert-OH is 1. The molecule has 2 aromatic rings. The van der Waals surface area contributed by atoms with Crippen molar-refractivity contribution < 1.29 is 5.11 Å². The number of aliphatic hydroxyl groups is 1. The molecule has 94 valence electrons. The molecule has 0 spiro atoms. The average Bonchev–Trinajstić information content (AvgIpc) is 2.41. The minimum Gasteiger partial charge on any atom is -0.388 e. The molecule has 0 aliphatic heterocycles. The van der Waals surface area contributed by atoms with Crippen LogP contribution in [0.3, 0.4) is 0 Å². The number of aromatic nitrogens is 1. The predicted molar refractivity (Wildman–Crippen MR) is 73.4 cm³/mol. The van der Waals surface area contributed by atoms with Gasteiger partial charge in [0.2, 0.25) is 0 Å². The Morgan fingerprint density at radius 1 is 1.06 bits per heavy atom. The molecule has 0 aliphatic carbocycles. The van der Waals surface area contributed by atoms with Crippen molar-refractivity contribution in [2.45, 2.75) is 32.3 Å². The van der Waals surface area contributed by atoms with Crippen LogP contribution in [0.4, 0.5) is 0 Å². The fraction of sp³-hybridized carbons (Fsp3) is 0.312. The van der Waals surface area contributed by atoms with Crippen molar-refractivity contribution in [3.05, 3.63) is 65.5 Å². The summed E-state index contributed by atoms with van der Waals surface area (Å²) >= 11 is 0. The second-order valence-electron chi connectivity index (χ2n) is 4.60. The van der Waals surface area contributed by atoms with Crippen LogP contribution in [0.15, 0.2) is 48.7 Å². The van der Waals surface area contributed by atoms with Gasteiger partial charge in [0, 0.05) is 17.8 Å². The lowest BCUT2D eigenvalue weighted by molar-refractivity contribution is 0.142. The largest absolute Gasteiger partial charge is 0.388 e. The minimum absolute atomic E-state index is 0.121. The fourth-order valence-corrected chi connectivity index (χ4v) is 2.23. The van der Waals surface area contributed by atoms with Crippen LogP contribution >= 0.6 is 0 Å². The van der Waals surface area contributed by atoms with Crippen molar-refractivity contribution in [2.75, 3.05) is 0 Å². The Labute approximate surface area is 108 Å². The van der Waals surface area contributed by atoms with E-state index in [1.54, 1.807) is 6.20 Å². The number of hydrogen-bond acceptors (Lipinski definition) is 2. The summed E-state index contributed by atoms with van der Waals surface area (Å²) in [5.74, 6) is 0.121. The number of rotatable bonds is 4. The van der Waals surface area contributed by atoms with Crippen molar-refractivity contribution in [3.63, 3.8) is 0 Å². The molecule has 0 aliphatic rings. The van der Waals surface area contributed by atoms with Gasteiger partial charge in [0.1, 0.15) is 0 Å². The van der Waals surface area contributed by atoms with Gasteiger partial charge in [0.15, 0.2) is 0 Å². The van der Waals surface area contributed by atoms with Gasteiger partial charge in [0.05, 0.1) is 6.10 Å². The van der Waals surface area contributed by atoms with E-state index in [0.717, 1.165) is 17.7 Å². The second-order valence-corrected chi connectivity index (χ2v) is 4.60. The molecule has 18 heavy (non-hydrogen) atoms. The van der Waals surface area contributed by atoms with Gasteiger partial charge in [-0.25, -0.2) is 0 Å². The fourth-order valence-electron chi connectivity index (χ4n) is 2.23. The van der Waals surface area contributed by atoms with Crippen LogP contribution in [-0.2, 0) is 0 Å². The van der Waals surface area contributed by atoms with Gasteiger partial charge in [-0.05, 0) is 30.5 Å². The van der Waals surface area contributed by atoms with E-state index in [0.29, 0.717) is 0 Å². The number of benzene rings is 1. The van der Waals surface area contributed by atoms with E-state index in [1.807, 2.05) is 37.3 Å². The maximum Gasteiger partial charge on any atom is 0.0873 e. The molecule has 2 rings (SSSR count). The van der Waals surface area contributed by atoms with Crippen molar-refractivity contribution in [3.8, 4) is 0 Å². The SMILES string of the molecule is CCC(c1ccccc1)C(O)c1ccc(C)nc1. The van der Waals surface area contributed by atoms with E-state index in [2.05, 4.69) is 24.0 Å². The quantitative estimate of drug-likeness (QED) is 0.887. The molecule has 0 radical (unpaired) electrons. The highest BCUT2D eigenvalue weighted by Gasteiger charge is 2.20. The molecule has 0 amide bonds. The number of hydrogen-bond donors (Lipinski definition) is 1. The summed E-state index contributed by atoms with van der Waals surface area (Å²) in [6.45, 7) is 4.05. The van der Waals surface area contributed by atoms with Crippen LogP contribution in [0.2, 0.25) is 0 Å². The summed E-state index contributed by atoms with van der Waals surface area (Å²) in [5, 5.41) is 10.5. The first-order valence-electron chi connectivity index (χ1n) is 6.38. The van der Waals surface area contributed by atoms with Crippen LogP contribution < -0.4 is 0 Å². The average molecular weight is 241 g/mol. The molecule has 1 heterocycles. The predicted octanol–water partition coefficient (Wildman–Crippen LogP) is 3.62. The Bertz CT molecular complexity index is 478. The van der Waals surface area contributed by atoms with E-state index < -0.39 is 6.10 Å². The van der Waals surface area contributed by atoms with Crippen molar-refractivity contribution in [2.24, 2.45) is 0 Å². The second kappa shape index (κ2) is 5.78. The standard InChI is InChI=1S/C16H19NO/c1-3-15(13-7-5-4-6-8-13)16(18)14-10-9-12(2)17-11-14/h4-11,15-16,18H,3H2,1-2H3. The summed E-state index contributed by atoms with van der Waals surface area (Å²) in [6, 6.07) is 14.1. The molecule has 2 atom stereocenters. The first kappa shape index (κ1) is 12.8. The smallest absolute Gasteiger partial charge is 0.0873 e. The monoisotopic (exact) mass is 241 g/mol. The Kier molecular flexibility index (Phi) is 4.11. The zero-order chi connectivity index (χ0) is 13.0. The Morgan fingerprint density at radius 2 is 1.78 bits per heavy atom. The van der Waals surface area contributed by atoms with Crippen molar-refractivity contribution in [1.29, 1.82) is 0 Å². The van der Waals surface area contributed by atoms with Gasteiger partial charge in [-0.3, -0.25) is 4.98 Å². The maximum atomic E-state index is 10.5. The van der Waals surface area contributed by atoms with E-state index in [-0.39, 0.29) is 5.92 Å². The molecular formula is C16H19NO. The van der Waals surface area contributed by atoms with Crippen LogP contribution in [0, 0.1) is 6.92 Å². The van der Waals surface area contributed by atoms with Crippen molar-refractivity contribution >= 4 is 0 Å². The van der Waals surface area contributed by atoms with Gasteiger partial charge in [-0.1, -0.05) is 43.3 Å². The number of aryl methyl sites for hydroxylation is 1. The normalized spacial score (nSPS) is 14.2. The van der Waals surface area contributed by atoms with Gasteiger partial charge in [-0.2, -0.15) is 0 Å². The van der Waals surface area contributed by atoms with Gasteiger partial charge in [-0.15, -0.1) is 0 Å². The first-order chi connectivity index (χ1) is 8.72. The third kappa shape index (κ3) is 2.77. The summed E-state index contributed by atoms with van der Waals surface area (Å²) in [7, 11) is 0. The number of pyridine rings is 1. The molecule has 0 fully saturated rings. The first-order valence-corrected chi connectivity index (χ1v) is 6.38.